The van der Waals surface area contributed by atoms with E-state index >= 15 is 0 Å². The number of ether oxygens (including phenoxy) is 2. The van der Waals surface area contributed by atoms with Crippen molar-refractivity contribution in [2.45, 2.75) is 31.9 Å². The van der Waals surface area contributed by atoms with Crippen LogP contribution in [0.5, 0.6) is 0 Å². The van der Waals surface area contributed by atoms with Crippen molar-refractivity contribution < 1.29 is 19.4 Å². The van der Waals surface area contributed by atoms with Crippen LogP contribution in [0.1, 0.15) is 30.1 Å². The third kappa shape index (κ3) is 6.17. The summed E-state index contributed by atoms with van der Waals surface area (Å²) in [5, 5.41) is 14.8. The summed E-state index contributed by atoms with van der Waals surface area (Å²) < 4.78 is 10.9. The van der Waals surface area contributed by atoms with Gasteiger partial charge < -0.3 is 25.2 Å². The number of hydrogen-bond donors (Lipinski definition) is 3. The average Bonchev–Trinajstić information content (AvgIpc) is 2.57. The molecular formula is C17H26N2O4. The predicted octanol–water partition coefficient (Wildman–Crippen LogP) is 1.52. The molecule has 2 rings (SSSR count). The molecule has 0 bridgehead atoms. The maximum Gasteiger partial charge on any atom is 0.315 e. The molecule has 1 unspecified atom stereocenters. The van der Waals surface area contributed by atoms with E-state index in [1.165, 1.54) is 5.56 Å². The second-order valence-corrected chi connectivity index (χ2v) is 5.73. The lowest BCUT2D eigenvalue weighted by Crippen LogP contribution is -2.45. The smallest absolute Gasteiger partial charge is 0.315 e. The van der Waals surface area contributed by atoms with E-state index < -0.39 is 0 Å². The highest BCUT2D eigenvalue weighted by atomic mass is 16.5. The van der Waals surface area contributed by atoms with E-state index in [9.17, 15) is 4.79 Å². The van der Waals surface area contributed by atoms with Crippen molar-refractivity contribution in [3.8, 4) is 0 Å². The molecule has 6 nitrogen and oxygen atoms in total. The van der Waals surface area contributed by atoms with Crippen molar-refractivity contribution in [1.82, 2.24) is 10.6 Å². The van der Waals surface area contributed by atoms with E-state index in [4.69, 9.17) is 14.6 Å². The molecule has 3 N–H and O–H groups in total. The van der Waals surface area contributed by atoms with Crippen molar-refractivity contribution in [3.05, 3.63) is 35.4 Å². The number of aliphatic hydroxyl groups is 1. The minimum Gasteiger partial charge on any atom is -0.394 e. The van der Waals surface area contributed by atoms with E-state index in [0.717, 1.165) is 18.4 Å². The van der Waals surface area contributed by atoms with Crippen LogP contribution in [-0.4, -0.2) is 50.2 Å². The van der Waals surface area contributed by atoms with Crippen molar-refractivity contribution in [2.75, 3.05) is 33.0 Å². The molecule has 1 atom stereocenters. The Labute approximate surface area is 137 Å². The second-order valence-electron chi connectivity index (χ2n) is 5.73. The molecule has 1 fully saturated rings. The van der Waals surface area contributed by atoms with Crippen LogP contribution in [0.2, 0.25) is 0 Å². The summed E-state index contributed by atoms with van der Waals surface area (Å²) in [5.41, 5.74) is 2.15. The molecule has 23 heavy (non-hydrogen) atoms. The van der Waals surface area contributed by atoms with Gasteiger partial charge in [0.25, 0.3) is 0 Å². The Bertz CT molecular complexity index is 472. The molecule has 0 aliphatic carbocycles. The highest BCUT2D eigenvalue weighted by Crippen LogP contribution is 2.17. The van der Waals surface area contributed by atoms with Crippen molar-refractivity contribution in [3.63, 3.8) is 0 Å². The minimum absolute atomic E-state index is 0.0450. The maximum atomic E-state index is 12.0. The molecule has 6 heteroatoms. The van der Waals surface area contributed by atoms with E-state index in [2.05, 4.69) is 10.6 Å². The summed E-state index contributed by atoms with van der Waals surface area (Å²) in [6.07, 6.45) is 1.41. The van der Waals surface area contributed by atoms with Gasteiger partial charge in [-0.05, 0) is 25.3 Å². The van der Waals surface area contributed by atoms with Gasteiger partial charge in [0.2, 0.25) is 0 Å². The van der Waals surface area contributed by atoms with Gasteiger partial charge in [0, 0.05) is 25.8 Å². The predicted molar refractivity (Wildman–Crippen MR) is 87.3 cm³/mol. The van der Waals surface area contributed by atoms with Gasteiger partial charge in [-0.15, -0.1) is 0 Å². The number of benzene rings is 1. The molecule has 0 radical (unpaired) electrons. The quantitative estimate of drug-likeness (QED) is 0.711. The SMILES string of the molecule is Cc1ccc(C(CNC(=O)NC2CCOCC2)OCCO)cc1. The highest BCUT2D eigenvalue weighted by molar-refractivity contribution is 5.74. The largest absolute Gasteiger partial charge is 0.394 e. The molecule has 0 saturated carbocycles. The summed E-state index contributed by atoms with van der Waals surface area (Å²) in [7, 11) is 0. The third-order valence-electron chi connectivity index (χ3n) is 3.86. The summed E-state index contributed by atoms with van der Waals surface area (Å²) >= 11 is 0. The Kier molecular flexibility index (Phi) is 7.32. The van der Waals surface area contributed by atoms with Gasteiger partial charge in [-0.3, -0.25) is 0 Å². The Balaban J connectivity index is 1.84. The summed E-state index contributed by atoms with van der Waals surface area (Å²) in [5.74, 6) is 0. The van der Waals surface area contributed by atoms with Crippen LogP contribution < -0.4 is 10.6 Å². The molecular weight excluding hydrogens is 296 g/mol. The topological polar surface area (TPSA) is 79.8 Å². The molecule has 1 heterocycles. The molecule has 1 aromatic carbocycles. The summed E-state index contributed by atoms with van der Waals surface area (Å²) in [6, 6.07) is 7.95. The molecule has 1 aromatic rings. The number of hydrogen-bond acceptors (Lipinski definition) is 4. The number of nitrogens with one attached hydrogen (secondary N) is 2. The van der Waals surface area contributed by atoms with Gasteiger partial charge in [-0.1, -0.05) is 29.8 Å². The van der Waals surface area contributed by atoms with Crippen molar-refractivity contribution in [1.29, 1.82) is 0 Å². The van der Waals surface area contributed by atoms with E-state index in [1.807, 2.05) is 31.2 Å². The van der Waals surface area contributed by atoms with Gasteiger partial charge in [0.1, 0.15) is 0 Å². The van der Waals surface area contributed by atoms with Crippen LogP contribution in [0.25, 0.3) is 0 Å². The van der Waals surface area contributed by atoms with Crippen LogP contribution in [0.4, 0.5) is 4.79 Å². The molecule has 0 spiro atoms. The minimum atomic E-state index is -0.275. The van der Waals surface area contributed by atoms with Gasteiger partial charge in [-0.2, -0.15) is 0 Å². The van der Waals surface area contributed by atoms with Crippen molar-refractivity contribution >= 4 is 6.03 Å². The van der Waals surface area contributed by atoms with E-state index in [1.54, 1.807) is 0 Å². The molecule has 1 saturated heterocycles. The van der Waals surface area contributed by atoms with Gasteiger partial charge in [0.15, 0.2) is 0 Å². The monoisotopic (exact) mass is 322 g/mol. The maximum absolute atomic E-state index is 12.0. The fourth-order valence-electron chi connectivity index (χ4n) is 2.51. The van der Waals surface area contributed by atoms with Crippen molar-refractivity contribution in [2.24, 2.45) is 0 Å². The van der Waals surface area contributed by atoms with Gasteiger partial charge in [-0.25, -0.2) is 4.79 Å². The number of carbonyl (C=O) groups excluding carboxylic acids is 1. The number of aliphatic hydroxyl groups excluding tert-OH is 1. The zero-order valence-electron chi connectivity index (χ0n) is 13.6. The Morgan fingerprint density at radius 1 is 1.35 bits per heavy atom. The molecule has 128 valence electrons. The molecule has 2 amide bonds. The van der Waals surface area contributed by atoms with E-state index in [-0.39, 0.29) is 31.4 Å². The first-order chi connectivity index (χ1) is 11.2. The zero-order chi connectivity index (χ0) is 16.5. The first-order valence-electron chi connectivity index (χ1n) is 8.10. The first-order valence-corrected chi connectivity index (χ1v) is 8.10. The fourth-order valence-corrected chi connectivity index (χ4v) is 2.51. The lowest BCUT2D eigenvalue weighted by Gasteiger charge is -2.24. The average molecular weight is 322 g/mol. The normalized spacial score (nSPS) is 16.8. The summed E-state index contributed by atoms with van der Waals surface area (Å²) in [4.78, 5) is 12.0. The van der Waals surface area contributed by atoms with Crippen LogP contribution in [0.3, 0.4) is 0 Å². The number of carbonyl (C=O) groups is 1. The summed E-state index contributed by atoms with van der Waals surface area (Å²) in [6.45, 7) is 3.95. The van der Waals surface area contributed by atoms with Crippen LogP contribution in [0.15, 0.2) is 24.3 Å². The number of rotatable bonds is 7. The second kappa shape index (κ2) is 9.50. The molecule has 1 aliphatic rings. The van der Waals surface area contributed by atoms with E-state index in [0.29, 0.717) is 19.8 Å². The highest BCUT2D eigenvalue weighted by Gasteiger charge is 2.17. The zero-order valence-corrected chi connectivity index (χ0v) is 13.6. The Morgan fingerprint density at radius 3 is 2.70 bits per heavy atom. The third-order valence-corrected chi connectivity index (χ3v) is 3.86. The Morgan fingerprint density at radius 2 is 2.04 bits per heavy atom. The van der Waals surface area contributed by atoms with Crippen LogP contribution in [-0.2, 0) is 9.47 Å². The first kappa shape index (κ1) is 17.7. The Hall–Kier alpha value is -1.63. The standard InChI is InChI=1S/C17H26N2O4/c1-13-2-4-14(5-3-13)16(23-11-8-20)12-18-17(21)19-15-6-9-22-10-7-15/h2-5,15-16,20H,6-12H2,1H3,(H2,18,19,21). The number of amides is 2. The molecule has 1 aliphatic heterocycles. The van der Waals surface area contributed by atoms with Gasteiger partial charge >= 0.3 is 6.03 Å². The lowest BCUT2D eigenvalue weighted by atomic mass is 10.1. The van der Waals surface area contributed by atoms with Crippen LogP contribution in [0, 0.1) is 6.92 Å². The van der Waals surface area contributed by atoms with Crippen LogP contribution >= 0.6 is 0 Å². The lowest BCUT2D eigenvalue weighted by molar-refractivity contribution is 0.0292. The number of urea groups is 1. The fraction of sp³-hybridized carbons (Fsp3) is 0.588. The number of aryl methyl sites for hydroxylation is 1. The molecule has 0 aromatic heterocycles. The van der Waals surface area contributed by atoms with Gasteiger partial charge in [0.05, 0.1) is 19.3 Å².